The first-order valence-electron chi connectivity index (χ1n) is 14.3. The number of nitrogens with one attached hydrogen (secondary N) is 1. The molecule has 14 heteroatoms. The molecule has 2 aromatic carbocycles. The Labute approximate surface area is 257 Å². The molecule has 244 valence electrons. The molecule has 10 atom stereocenters. The number of carbonyl (C=O) groups excluding carboxylic acids is 1. The fraction of sp³-hybridized carbons (Fsp3) is 0.452. The van der Waals surface area contributed by atoms with E-state index < -0.39 is 72.9 Å². The second kappa shape index (κ2) is 13.8. The maximum Gasteiger partial charge on any atom is 0.247 e. The number of ether oxygens (including phenoxy) is 5. The van der Waals surface area contributed by atoms with E-state index in [1.54, 1.807) is 19.1 Å². The van der Waals surface area contributed by atoms with Crippen molar-refractivity contribution < 1.29 is 63.5 Å². The van der Waals surface area contributed by atoms with Crippen LogP contribution in [0.5, 0.6) is 17.2 Å². The van der Waals surface area contributed by atoms with E-state index in [2.05, 4.69) is 5.32 Å². The lowest BCUT2D eigenvalue weighted by molar-refractivity contribution is -0.155. The number of hydrogen-bond acceptors (Lipinski definition) is 12. The Morgan fingerprint density at radius 3 is 2.42 bits per heavy atom. The zero-order valence-corrected chi connectivity index (χ0v) is 24.4. The Morgan fingerprint density at radius 2 is 1.71 bits per heavy atom. The molecule has 0 unspecified atom stereocenters. The molecule has 0 spiro atoms. The van der Waals surface area contributed by atoms with Crippen LogP contribution in [0.25, 0.3) is 6.08 Å². The molecule has 3 aliphatic rings. The van der Waals surface area contributed by atoms with E-state index in [1.807, 2.05) is 0 Å². The molecule has 1 amide bonds. The summed E-state index contributed by atoms with van der Waals surface area (Å²) in [6.45, 7) is 3.05. The maximum atomic E-state index is 13.3. The standard InChI is InChI=1S/C31H36FNO12/c1-14(8-9-41-18-5-3-4-17(32)12-18)27-25(38)26(39)31(45-27)44-20-7-6-16(11-19(20)34)10-15(2)30(40)33-21-22(35)24(37)29-28(23(21)36)42-13-43-29/h3-8,10-12,21-29,31,34-39H,9,13H2,1-2H3,(H,33,40)/t21-,22+,23-,24-,25+,26+,27-,28+,29-,31-/m1/s1. The van der Waals surface area contributed by atoms with Crippen LogP contribution in [0.15, 0.2) is 59.7 Å². The molecule has 5 rings (SSSR count). The average Bonchev–Trinajstić information content (AvgIpc) is 3.61. The first kappa shape index (κ1) is 32.8. The van der Waals surface area contributed by atoms with Crippen molar-refractivity contribution in [2.45, 2.75) is 75.0 Å². The summed E-state index contributed by atoms with van der Waals surface area (Å²) in [7, 11) is 0. The van der Waals surface area contributed by atoms with Crippen molar-refractivity contribution in [3.05, 3.63) is 71.1 Å². The monoisotopic (exact) mass is 633 g/mol. The van der Waals surface area contributed by atoms with E-state index in [1.165, 1.54) is 49.4 Å². The van der Waals surface area contributed by atoms with Gasteiger partial charge in [0.05, 0.1) is 6.04 Å². The first-order valence-corrected chi connectivity index (χ1v) is 14.3. The molecule has 2 aromatic rings. The second-order valence-corrected chi connectivity index (χ2v) is 11.1. The lowest BCUT2D eigenvalue weighted by atomic mass is 9.83. The zero-order chi connectivity index (χ0) is 32.4. The van der Waals surface area contributed by atoms with Crippen molar-refractivity contribution >= 4 is 12.0 Å². The normalized spacial score (nSPS) is 33.5. The molecule has 45 heavy (non-hydrogen) atoms. The topological polar surface area (TPSA) is 197 Å². The Balaban J connectivity index is 1.18. The van der Waals surface area contributed by atoms with E-state index >= 15 is 0 Å². The molecule has 0 radical (unpaired) electrons. The lowest BCUT2D eigenvalue weighted by Gasteiger charge is -2.41. The number of benzene rings is 2. The third-order valence-corrected chi connectivity index (χ3v) is 7.99. The molecule has 2 heterocycles. The van der Waals surface area contributed by atoms with E-state index in [0.29, 0.717) is 16.9 Å². The number of hydrogen-bond donors (Lipinski definition) is 7. The molecular weight excluding hydrogens is 597 g/mol. The van der Waals surface area contributed by atoms with Gasteiger partial charge in [-0.15, -0.1) is 0 Å². The predicted octanol–water partition coefficient (Wildman–Crippen LogP) is 0.108. The highest BCUT2D eigenvalue weighted by Gasteiger charge is 2.53. The summed E-state index contributed by atoms with van der Waals surface area (Å²) in [5, 5.41) is 65.5. The maximum absolute atomic E-state index is 13.3. The highest BCUT2D eigenvalue weighted by atomic mass is 19.1. The Bertz CT molecular complexity index is 1440. The van der Waals surface area contributed by atoms with Gasteiger partial charge in [0.2, 0.25) is 12.2 Å². The van der Waals surface area contributed by atoms with Gasteiger partial charge in [-0.25, -0.2) is 4.39 Å². The van der Waals surface area contributed by atoms with Crippen LogP contribution in [0.2, 0.25) is 0 Å². The van der Waals surface area contributed by atoms with Crippen LogP contribution in [0, 0.1) is 5.82 Å². The van der Waals surface area contributed by atoms with Gasteiger partial charge in [0.25, 0.3) is 0 Å². The molecule has 0 bridgehead atoms. The Kier molecular flexibility index (Phi) is 10.1. The minimum atomic E-state index is -1.50. The summed E-state index contributed by atoms with van der Waals surface area (Å²) in [5.74, 6) is -1.16. The van der Waals surface area contributed by atoms with Crippen LogP contribution < -0.4 is 14.8 Å². The van der Waals surface area contributed by atoms with Crippen molar-refractivity contribution in [3.8, 4) is 17.2 Å². The molecule has 3 fully saturated rings. The van der Waals surface area contributed by atoms with Gasteiger partial charge in [-0.3, -0.25) is 4.79 Å². The number of amides is 1. The molecule has 2 aliphatic heterocycles. The number of carbonyl (C=O) groups is 1. The lowest BCUT2D eigenvalue weighted by Crippen LogP contribution is -2.67. The van der Waals surface area contributed by atoms with Crippen molar-refractivity contribution in [2.75, 3.05) is 13.4 Å². The molecular formula is C31H36FNO12. The van der Waals surface area contributed by atoms with Crippen molar-refractivity contribution in [2.24, 2.45) is 0 Å². The van der Waals surface area contributed by atoms with E-state index in [-0.39, 0.29) is 30.5 Å². The van der Waals surface area contributed by atoms with Crippen LogP contribution in [0.3, 0.4) is 0 Å². The molecule has 1 saturated carbocycles. The number of phenols is 1. The van der Waals surface area contributed by atoms with Gasteiger partial charge in [-0.05, 0) is 61.4 Å². The fourth-order valence-electron chi connectivity index (χ4n) is 5.45. The van der Waals surface area contributed by atoms with E-state index in [0.717, 1.165) is 0 Å². The van der Waals surface area contributed by atoms with Crippen molar-refractivity contribution in [3.63, 3.8) is 0 Å². The zero-order valence-electron chi connectivity index (χ0n) is 24.4. The number of halogens is 1. The van der Waals surface area contributed by atoms with Gasteiger partial charge in [-0.2, -0.15) is 0 Å². The van der Waals surface area contributed by atoms with Gasteiger partial charge < -0.3 is 59.6 Å². The number of aliphatic hydroxyl groups is 5. The molecule has 2 saturated heterocycles. The van der Waals surface area contributed by atoms with Gasteiger partial charge in [0.1, 0.15) is 73.8 Å². The summed E-state index contributed by atoms with van der Waals surface area (Å²) in [5.41, 5.74) is 1.09. The average molecular weight is 634 g/mol. The molecule has 0 aromatic heterocycles. The summed E-state index contributed by atoms with van der Waals surface area (Å²) < 4.78 is 40.7. The Morgan fingerprint density at radius 1 is 0.978 bits per heavy atom. The van der Waals surface area contributed by atoms with Crippen LogP contribution in [-0.4, -0.2) is 111 Å². The van der Waals surface area contributed by atoms with E-state index in [9.17, 15) is 39.8 Å². The summed E-state index contributed by atoms with van der Waals surface area (Å²) in [4.78, 5) is 12.9. The third kappa shape index (κ3) is 7.13. The largest absolute Gasteiger partial charge is 0.504 e. The van der Waals surface area contributed by atoms with Crippen molar-refractivity contribution in [1.82, 2.24) is 5.32 Å². The van der Waals surface area contributed by atoms with Gasteiger partial charge in [-0.1, -0.05) is 12.1 Å². The van der Waals surface area contributed by atoms with Gasteiger partial charge in [0.15, 0.2) is 11.5 Å². The van der Waals surface area contributed by atoms with E-state index in [4.69, 9.17) is 23.7 Å². The molecule has 13 nitrogen and oxygen atoms in total. The van der Waals surface area contributed by atoms with Crippen LogP contribution in [0.4, 0.5) is 4.39 Å². The third-order valence-electron chi connectivity index (χ3n) is 7.99. The number of phenolic OH excluding ortho intramolecular Hbond substituents is 1. The highest BCUT2D eigenvalue weighted by molar-refractivity contribution is 5.97. The van der Waals surface area contributed by atoms with Crippen LogP contribution in [-0.2, 0) is 19.0 Å². The molecule has 7 N–H and O–H groups in total. The summed E-state index contributed by atoms with van der Waals surface area (Å²) >= 11 is 0. The van der Waals surface area contributed by atoms with Crippen LogP contribution >= 0.6 is 0 Å². The SMILES string of the molecule is CC(=Cc1ccc(O[C@@H]2O[C@H](C(C)=CCOc3cccc(F)c3)[C@@H](O)[C@@H]2O)c(O)c1)C(=O)N[C@@H]1[C@H](O)[C@@H](O)[C@H]2OCO[C@H]2[C@@H]1O. The minimum Gasteiger partial charge on any atom is -0.504 e. The Hall–Kier alpha value is -3.60. The fourth-order valence-corrected chi connectivity index (χ4v) is 5.45. The molecule has 1 aliphatic carbocycles. The van der Waals surface area contributed by atoms with Crippen LogP contribution in [0.1, 0.15) is 19.4 Å². The quantitative estimate of drug-likeness (QED) is 0.146. The summed E-state index contributed by atoms with van der Waals surface area (Å²) in [6, 6.07) is 8.63. The number of rotatable bonds is 9. The number of aromatic hydroxyl groups is 1. The van der Waals surface area contributed by atoms with Gasteiger partial charge >= 0.3 is 0 Å². The van der Waals surface area contributed by atoms with Gasteiger partial charge in [0, 0.05) is 11.6 Å². The smallest absolute Gasteiger partial charge is 0.247 e. The van der Waals surface area contributed by atoms with Crippen molar-refractivity contribution in [1.29, 1.82) is 0 Å². The minimum absolute atomic E-state index is 0.0574. The number of aliphatic hydroxyl groups excluding tert-OH is 5. The highest BCUT2D eigenvalue weighted by Crippen LogP contribution is 2.34. The number of fused-ring (bicyclic) bond motifs is 1. The first-order chi connectivity index (χ1) is 21.4. The summed E-state index contributed by atoms with van der Waals surface area (Å²) in [6.07, 6.45) is -8.02. The second-order valence-electron chi connectivity index (χ2n) is 11.1. The predicted molar refractivity (Wildman–Crippen MR) is 153 cm³/mol.